The summed E-state index contributed by atoms with van der Waals surface area (Å²) in [5, 5.41) is 0. The number of carbonyl (C=O) groups excluding carboxylic acids is 7. The Hall–Kier alpha value is -15.1. The van der Waals surface area contributed by atoms with E-state index in [1.54, 1.807) is 96.1 Å². The van der Waals surface area contributed by atoms with E-state index in [4.69, 9.17) is 28.4 Å². The maximum atomic E-state index is 13.7. The van der Waals surface area contributed by atoms with Crippen LogP contribution in [0.1, 0.15) is 198 Å². The van der Waals surface area contributed by atoms with Crippen molar-refractivity contribution in [3.8, 4) is 47.4 Å². The number of Topliss-reactive ketones (excluding diaryl/α,β-unsaturated/α-hetero) is 4. The van der Waals surface area contributed by atoms with E-state index in [0.29, 0.717) is 127 Å². The highest BCUT2D eigenvalue weighted by Gasteiger charge is 2.43. The Labute approximate surface area is 786 Å². The van der Waals surface area contributed by atoms with Gasteiger partial charge in [-0.15, -0.1) is 23.7 Å². The number of carbonyl (C=O) groups is 7. The molecule has 4 aliphatic carbocycles. The number of rotatable bonds is 25. The second kappa shape index (κ2) is 47.2. The highest BCUT2D eigenvalue weighted by molar-refractivity contribution is 6.28. The number of amides is 1. The highest BCUT2D eigenvalue weighted by Crippen LogP contribution is 2.46. The van der Waals surface area contributed by atoms with Crippen molar-refractivity contribution in [2.75, 3.05) is 39.1 Å². The lowest BCUT2D eigenvalue weighted by molar-refractivity contribution is -0.117. The minimum Gasteiger partial charge on any atom is -0.471 e. The molecule has 11 aromatic rings. The predicted octanol–water partition coefficient (Wildman–Crippen LogP) is 21.6. The topological polar surface area (TPSA) is 230 Å². The van der Waals surface area contributed by atoms with Crippen LogP contribution >= 0.6 is 0 Å². The Balaban J connectivity index is 0.000000161. The molecule has 4 aromatic heterocycles. The molecule has 134 heavy (non-hydrogen) atoms. The van der Waals surface area contributed by atoms with Gasteiger partial charge in [-0.1, -0.05) is 103 Å². The molecule has 0 saturated heterocycles. The highest BCUT2D eigenvalue weighted by atomic mass is 16.7. The monoisotopic (exact) mass is 1780 g/mol. The zero-order valence-corrected chi connectivity index (χ0v) is 78.8. The van der Waals surface area contributed by atoms with E-state index in [2.05, 4.69) is 74.2 Å². The average Bonchev–Trinajstić information content (AvgIpc) is 1.65. The Morgan fingerprint density at radius 2 is 0.657 bits per heavy atom. The fourth-order valence-electron chi connectivity index (χ4n) is 17.6. The fourth-order valence-corrected chi connectivity index (χ4v) is 17.6. The van der Waals surface area contributed by atoms with E-state index >= 15 is 0 Å². The van der Waals surface area contributed by atoms with E-state index < -0.39 is 18.0 Å². The maximum absolute atomic E-state index is 13.7. The van der Waals surface area contributed by atoms with Crippen molar-refractivity contribution < 1.29 is 62.0 Å². The molecule has 0 bridgehead atoms. The summed E-state index contributed by atoms with van der Waals surface area (Å²) < 4.78 is 34.2. The molecule has 15 rings (SSSR count). The molecule has 1 amide bonds. The number of aromatic nitrogens is 4. The number of para-hydroxylation sites is 1. The first kappa shape index (κ1) is 98.0. The standard InChI is InChI=1S/C31H29NO3.C30H28N2O3.C29H25NO3.C26H29NO4/c1-5-9-23-16-20(3)28(21(4)17-23)29-27(35-31(34)24-13-11-22(6-2)12-14-24)19-25(30(29)33)18-26-10-7-8-15-32-26;1-5-11-22-16-20(2)27(21(3)17-22)28-26(35-30(34)32(4)25-13-7-6-8-14-25)19-23(29(28)33)18-24-12-9-10-15-31-24;1-4-10-21-15-19(2)26(20(3)16-21)27-25(33-29(32)22-11-6-5-7-12-22)18-23(28(27)31)17-24-13-8-9-14-30-24;1-5-8-20-13-18(2)24(19(3)14-20)25-23(31-17-30-12-11-29-4)16-21(26(25)28)15-22-9-6-7-10-27-22/h7-8,10-17,25H,6,18-19H2,1-4H3;6-10,12-17,23H,18-19H2,1-4H3;5-9,11-16,23H,17-18H2,1-3H3;6-7,9-10,13-14,21H,11-12,15-17H2,1-4H3. The molecular weight excluding hydrogens is 1670 g/mol. The second-order valence-corrected chi connectivity index (χ2v) is 33.4. The summed E-state index contributed by atoms with van der Waals surface area (Å²) in [4.78, 5) is 113. The van der Waals surface area contributed by atoms with Crippen molar-refractivity contribution in [2.45, 2.75) is 148 Å². The van der Waals surface area contributed by atoms with Crippen LogP contribution in [-0.4, -0.2) is 95.3 Å². The number of methoxy groups -OCH3 is 1. The molecule has 0 radical (unpaired) electrons. The number of hydrogen-bond donors (Lipinski definition) is 0. The van der Waals surface area contributed by atoms with E-state index in [-0.39, 0.29) is 53.6 Å². The van der Waals surface area contributed by atoms with Crippen molar-refractivity contribution >= 4 is 69.1 Å². The predicted molar refractivity (Wildman–Crippen MR) is 524 cm³/mol. The molecule has 0 aliphatic heterocycles. The van der Waals surface area contributed by atoms with Crippen LogP contribution in [-0.2, 0) is 79.7 Å². The molecule has 0 saturated carbocycles. The Bertz CT molecular complexity index is 6520. The van der Waals surface area contributed by atoms with E-state index in [0.717, 1.165) is 124 Å². The van der Waals surface area contributed by atoms with Crippen LogP contribution < -0.4 is 4.90 Å². The molecule has 0 fully saturated rings. The summed E-state index contributed by atoms with van der Waals surface area (Å²) in [6.45, 7) is 26.1. The number of ketones is 4. The van der Waals surface area contributed by atoms with Gasteiger partial charge in [-0.05, 0) is 295 Å². The lowest BCUT2D eigenvalue weighted by atomic mass is 9.89. The molecule has 0 spiro atoms. The van der Waals surface area contributed by atoms with Crippen LogP contribution in [0.15, 0.2) is 254 Å². The SMILES string of the molecule is CC#Cc1cc(C)c(C2=C(OC(=O)N(C)c3ccccc3)CC(Cc3ccccn3)C2=O)c(C)c1.CC#Cc1cc(C)c(C2=C(OC(=O)c3ccc(CC)cc3)CC(Cc3ccccn3)C2=O)c(C)c1.CC#Cc1cc(C)c(C2=C(OC(=O)c3ccccc3)CC(Cc3ccccn3)C2=O)c(C)c1.CC#Cc1cc(C)c(C2=C(OCOCCOC)CC(Cc3ccccn3)C2=O)c(C)c1. The summed E-state index contributed by atoms with van der Waals surface area (Å²) in [6.07, 6.45) is 10.9. The third-order valence-corrected chi connectivity index (χ3v) is 23.7. The Morgan fingerprint density at radius 3 is 0.955 bits per heavy atom. The number of ether oxygens (including phenoxy) is 6. The quantitative estimate of drug-likeness (QED) is 0.0170. The molecule has 4 atom stereocenters. The largest absolute Gasteiger partial charge is 0.471 e. The van der Waals surface area contributed by atoms with Gasteiger partial charge in [0.2, 0.25) is 0 Å². The normalized spacial score (nSPS) is 15.2. The molecule has 4 aliphatic rings. The van der Waals surface area contributed by atoms with Crippen molar-refractivity contribution in [3.05, 3.63) is 383 Å². The van der Waals surface area contributed by atoms with Gasteiger partial charge in [0.15, 0.2) is 29.9 Å². The van der Waals surface area contributed by atoms with Crippen LogP contribution in [0.5, 0.6) is 0 Å². The van der Waals surface area contributed by atoms with E-state index in [1.165, 1.54) is 4.90 Å². The third kappa shape index (κ3) is 24.8. The fraction of sp³-hybridized carbons (Fsp3) is 0.267. The lowest BCUT2D eigenvalue weighted by Gasteiger charge is -2.18. The zero-order chi connectivity index (χ0) is 95.5. The first-order chi connectivity index (χ1) is 64.8. The molecule has 678 valence electrons. The van der Waals surface area contributed by atoms with Crippen LogP contribution in [0, 0.1) is 126 Å². The Kier molecular flexibility index (Phi) is 34.5. The molecule has 18 heteroatoms. The van der Waals surface area contributed by atoms with Crippen molar-refractivity contribution in [3.63, 3.8) is 0 Å². The van der Waals surface area contributed by atoms with Crippen molar-refractivity contribution in [1.29, 1.82) is 0 Å². The van der Waals surface area contributed by atoms with Gasteiger partial charge in [0.25, 0.3) is 0 Å². The van der Waals surface area contributed by atoms with Gasteiger partial charge in [-0.25, -0.2) is 14.4 Å². The van der Waals surface area contributed by atoms with Gasteiger partial charge < -0.3 is 28.4 Å². The first-order valence-corrected chi connectivity index (χ1v) is 45.0. The van der Waals surface area contributed by atoms with Gasteiger partial charge in [0.05, 0.1) is 46.6 Å². The second-order valence-electron chi connectivity index (χ2n) is 33.4. The minimum absolute atomic E-state index is 0.0136. The van der Waals surface area contributed by atoms with Gasteiger partial charge in [0.1, 0.15) is 23.0 Å². The van der Waals surface area contributed by atoms with Gasteiger partial charge >= 0.3 is 18.0 Å². The summed E-state index contributed by atoms with van der Waals surface area (Å²) in [5.41, 5.74) is 23.0. The van der Waals surface area contributed by atoms with E-state index in [1.807, 2.05) is 232 Å². The maximum Gasteiger partial charge on any atom is 0.419 e. The molecule has 4 unspecified atom stereocenters. The van der Waals surface area contributed by atoms with Crippen LogP contribution in [0.25, 0.3) is 22.3 Å². The van der Waals surface area contributed by atoms with Gasteiger partial charge in [-0.3, -0.25) is 44.0 Å². The van der Waals surface area contributed by atoms with Crippen LogP contribution in [0.2, 0.25) is 0 Å². The number of pyridine rings is 4. The molecule has 4 heterocycles. The molecular formula is C116H111N5O13. The van der Waals surface area contributed by atoms with Crippen LogP contribution in [0.4, 0.5) is 10.5 Å². The van der Waals surface area contributed by atoms with Gasteiger partial charge in [-0.2, -0.15) is 0 Å². The molecule has 7 aromatic carbocycles. The van der Waals surface area contributed by atoms with Crippen molar-refractivity contribution in [2.24, 2.45) is 23.7 Å². The average molecular weight is 1780 g/mol. The summed E-state index contributed by atoms with van der Waals surface area (Å²) >= 11 is 0. The Morgan fingerprint density at radius 1 is 0.366 bits per heavy atom. The number of nitrogens with zero attached hydrogens (tertiary/aromatic N) is 5. The summed E-state index contributed by atoms with van der Waals surface area (Å²) in [5.74, 6) is 23.9. The van der Waals surface area contributed by atoms with Gasteiger partial charge in [0, 0.05) is 165 Å². The smallest absolute Gasteiger partial charge is 0.419 e. The summed E-state index contributed by atoms with van der Waals surface area (Å²) in [6, 6.07) is 64.2. The van der Waals surface area contributed by atoms with Crippen molar-refractivity contribution in [1.82, 2.24) is 19.9 Å². The number of benzene rings is 7. The first-order valence-electron chi connectivity index (χ1n) is 45.0. The number of aryl methyl sites for hydroxylation is 9. The summed E-state index contributed by atoms with van der Waals surface area (Å²) in [7, 11) is 3.29. The van der Waals surface area contributed by atoms with Crippen LogP contribution in [0.3, 0.4) is 0 Å². The third-order valence-electron chi connectivity index (χ3n) is 23.7. The number of hydrogen-bond acceptors (Lipinski definition) is 17. The minimum atomic E-state index is -0.529. The number of esters is 2. The molecule has 0 N–H and O–H groups in total. The lowest BCUT2D eigenvalue weighted by Crippen LogP contribution is -2.26. The number of allylic oxidation sites excluding steroid dienone is 8. The van der Waals surface area contributed by atoms with E-state index in [9.17, 15) is 33.6 Å². The molecule has 18 nitrogen and oxygen atoms in total. The number of anilines is 1. The zero-order valence-electron chi connectivity index (χ0n) is 78.8.